The minimum atomic E-state index is -0.631. The summed E-state index contributed by atoms with van der Waals surface area (Å²) in [7, 11) is 2.07. The van der Waals surface area contributed by atoms with E-state index in [1.54, 1.807) is 47.4 Å². The number of nitrogens with one attached hydrogen (secondary N) is 2. The number of carbonyl (C=O) groups is 2. The number of anilines is 1. The molecule has 0 spiro atoms. The minimum Gasteiger partial charge on any atom is -0.455 e. The molecule has 1 aliphatic rings. The summed E-state index contributed by atoms with van der Waals surface area (Å²) >= 11 is 0. The molecule has 2 amide bonds. The van der Waals surface area contributed by atoms with Crippen LogP contribution in [0.15, 0.2) is 84.3 Å². The first-order valence-electron chi connectivity index (χ1n) is 15.4. The van der Waals surface area contributed by atoms with Gasteiger partial charge in [0.25, 0.3) is 11.8 Å². The summed E-state index contributed by atoms with van der Waals surface area (Å²) in [5.74, 6) is -0.257. The predicted molar refractivity (Wildman–Crippen MR) is 176 cm³/mol. The Kier molecular flexibility index (Phi) is 9.03. The molecule has 0 bridgehead atoms. The summed E-state index contributed by atoms with van der Waals surface area (Å²) in [5.41, 5.74) is 1.06. The molecule has 1 aliphatic heterocycles. The SMILES string of the molecule is CC(C)n1cc(C(=O)Nc2ccc(Oc3ccnc4cnc(C(=O)NC5CCN(C)CC5)cc34)cn2)c(=O)c(-c2ccc(F)cc2)c1. The van der Waals surface area contributed by atoms with E-state index < -0.39 is 17.2 Å². The highest BCUT2D eigenvalue weighted by Crippen LogP contribution is 2.29. The van der Waals surface area contributed by atoms with E-state index in [0.29, 0.717) is 28.0 Å². The third-order valence-electron chi connectivity index (χ3n) is 8.12. The molecule has 5 aromatic rings. The summed E-state index contributed by atoms with van der Waals surface area (Å²) in [5, 5.41) is 6.37. The number of rotatable bonds is 8. The fraction of sp³-hybridized carbons (Fsp3) is 0.257. The molecule has 4 aromatic heterocycles. The molecule has 47 heavy (non-hydrogen) atoms. The summed E-state index contributed by atoms with van der Waals surface area (Å²) in [4.78, 5) is 54.8. The number of hydrogen-bond donors (Lipinski definition) is 2. The monoisotopic (exact) mass is 635 g/mol. The second kappa shape index (κ2) is 13.5. The molecule has 1 aromatic carbocycles. The van der Waals surface area contributed by atoms with Gasteiger partial charge < -0.3 is 24.8 Å². The van der Waals surface area contributed by atoms with E-state index in [1.165, 1.54) is 36.7 Å². The lowest BCUT2D eigenvalue weighted by atomic mass is 10.0. The first kappa shape index (κ1) is 31.5. The van der Waals surface area contributed by atoms with Gasteiger partial charge in [0.05, 0.1) is 17.9 Å². The van der Waals surface area contributed by atoms with Crippen molar-refractivity contribution in [2.24, 2.45) is 0 Å². The number of fused-ring (bicyclic) bond motifs is 1. The van der Waals surface area contributed by atoms with Crippen LogP contribution in [-0.2, 0) is 0 Å². The zero-order chi connectivity index (χ0) is 33.1. The number of carbonyl (C=O) groups excluding carboxylic acids is 2. The van der Waals surface area contributed by atoms with Crippen molar-refractivity contribution in [2.45, 2.75) is 38.8 Å². The number of piperidine rings is 1. The maximum Gasteiger partial charge on any atom is 0.270 e. The molecule has 1 fully saturated rings. The van der Waals surface area contributed by atoms with Gasteiger partial charge in [-0.1, -0.05) is 12.1 Å². The predicted octanol–water partition coefficient (Wildman–Crippen LogP) is 5.44. The largest absolute Gasteiger partial charge is 0.455 e. The lowest BCUT2D eigenvalue weighted by molar-refractivity contribution is 0.0911. The molecule has 5 heterocycles. The Labute approximate surface area is 270 Å². The van der Waals surface area contributed by atoms with Crippen molar-refractivity contribution >= 4 is 28.5 Å². The molecule has 12 heteroatoms. The first-order valence-corrected chi connectivity index (χ1v) is 15.4. The molecule has 0 aliphatic carbocycles. The zero-order valence-electron chi connectivity index (χ0n) is 26.2. The highest BCUT2D eigenvalue weighted by molar-refractivity contribution is 6.04. The lowest BCUT2D eigenvalue weighted by Crippen LogP contribution is -2.43. The van der Waals surface area contributed by atoms with Crippen molar-refractivity contribution in [2.75, 3.05) is 25.5 Å². The molecular weight excluding hydrogens is 601 g/mol. The average Bonchev–Trinajstić information content (AvgIpc) is 3.07. The van der Waals surface area contributed by atoms with Crippen LogP contribution in [0.5, 0.6) is 11.5 Å². The van der Waals surface area contributed by atoms with E-state index >= 15 is 0 Å². The van der Waals surface area contributed by atoms with Crippen LogP contribution in [0.1, 0.15) is 53.6 Å². The summed E-state index contributed by atoms with van der Waals surface area (Å²) in [6.07, 6.45) is 9.49. The van der Waals surface area contributed by atoms with Gasteiger partial charge in [-0.25, -0.2) is 14.4 Å². The van der Waals surface area contributed by atoms with Crippen molar-refractivity contribution < 1.29 is 18.7 Å². The average molecular weight is 636 g/mol. The van der Waals surface area contributed by atoms with Gasteiger partial charge in [0.2, 0.25) is 5.43 Å². The van der Waals surface area contributed by atoms with E-state index in [1.807, 2.05) is 13.8 Å². The number of nitrogens with zero attached hydrogens (tertiary/aromatic N) is 5. The van der Waals surface area contributed by atoms with Gasteiger partial charge in [-0.2, -0.15) is 0 Å². The summed E-state index contributed by atoms with van der Waals surface area (Å²) in [6.45, 7) is 5.71. The Morgan fingerprint density at radius 3 is 2.43 bits per heavy atom. The number of hydrogen-bond acceptors (Lipinski definition) is 8. The standard InChI is InChI=1S/C35H34FN7O4/c1-21(2)43-19-27(22-4-6-23(36)7-5-22)33(44)28(20-43)34(45)41-32-9-8-25(17-39-32)47-31-10-13-37-30-18-38-29(16-26(30)31)35(46)40-24-11-14-42(3)15-12-24/h4-10,13,16-21,24H,11-12,14-15H2,1-3H3,(H,40,46)(H,39,41,45). The third-order valence-corrected chi connectivity index (χ3v) is 8.12. The second-order valence-electron chi connectivity index (χ2n) is 11.8. The number of ether oxygens (including phenoxy) is 1. The smallest absolute Gasteiger partial charge is 0.270 e. The van der Waals surface area contributed by atoms with Gasteiger partial charge in [0, 0.05) is 41.6 Å². The molecule has 0 radical (unpaired) electrons. The van der Waals surface area contributed by atoms with E-state index in [2.05, 4.69) is 37.5 Å². The topological polar surface area (TPSA) is 131 Å². The zero-order valence-corrected chi connectivity index (χ0v) is 26.2. The van der Waals surface area contributed by atoms with Crippen molar-refractivity contribution in [1.29, 1.82) is 0 Å². The number of pyridine rings is 4. The Morgan fingerprint density at radius 1 is 0.957 bits per heavy atom. The van der Waals surface area contributed by atoms with E-state index in [4.69, 9.17) is 4.74 Å². The Morgan fingerprint density at radius 2 is 1.72 bits per heavy atom. The molecule has 2 N–H and O–H groups in total. The van der Waals surface area contributed by atoms with Gasteiger partial charge in [0.1, 0.15) is 34.4 Å². The molecule has 240 valence electrons. The molecular formula is C35H34FN7O4. The Balaban J connectivity index is 1.18. The van der Waals surface area contributed by atoms with Crippen LogP contribution in [0.25, 0.3) is 22.0 Å². The highest BCUT2D eigenvalue weighted by atomic mass is 19.1. The van der Waals surface area contributed by atoms with Gasteiger partial charge in [-0.3, -0.25) is 19.4 Å². The van der Waals surface area contributed by atoms with Crippen LogP contribution >= 0.6 is 0 Å². The van der Waals surface area contributed by atoms with Crippen molar-refractivity contribution in [3.05, 3.63) is 107 Å². The van der Waals surface area contributed by atoms with Crippen molar-refractivity contribution in [3.63, 3.8) is 0 Å². The van der Waals surface area contributed by atoms with E-state index in [-0.39, 0.29) is 40.6 Å². The minimum absolute atomic E-state index is 0.0411. The van der Waals surface area contributed by atoms with Crippen molar-refractivity contribution in [1.82, 2.24) is 29.7 Å². The first-order chi connectivity index (χ1) is 22.6. The van der Waals surface area contributed by atoms with Crippen LogP contribution in [0, 0.1) is 5.82 Å². The van der Waals surface area contributed by atoms with Crippen molar-refractivity contribution in [3.8, 4) is 22.6 Å². The van der Waals surface area contributed by atoms with Crippen LogP contribution in [-0.4, -0.2) is 62.4 Å². The maximum absolute atomic E-state index is 13.5. The summed E-state index contributed by atoms with van der Waals surface area (Å²) < 4.78 is 21.4. The van der Waals surface area contributed by atoms with Gasteiger partial charge in [0.15, 0.2) is 0 Å². The summed E-state index contributed by atoms with van der Waals surface area (Å²) in [6, 6.07) is 12.1. The fourth-order valence-corrected chi connectivity index (χ4v) is 5.37. The van der Waals surface area contributed by atoms with Gasteiger partial charge in [-0.05, 0) is 88.8 Å². The van der Waals surface area contributed by atoms with Gasteiger partial charge in [-0.15, -0.1) is 0 Å². The number of amides is 2. The molecule has 0 atom stereocenters. The Hall–Kier alpha value is -5.49. The van der Waals surface area contributed by atoms with E-state index in [9.17, 15) is 18.8 Å². The number of aromatic nitrogens is 4. The van der Waals surface area contributed by atoms with Crippen LogP contribution in [0.4, 0.5) is 10.2 Å². The number of benzene rings is 1. The fourth-order valence-electron chi connectivity index (χ4n) is 5.37. The molecule has 11 nitrogen and oxygen atoms in total. The molecule has 1 saturated heterocycles. The number of likely N-dealkylation sites (tertiary alicyclic amines) is 1. The normalized spacial score (nSPS) is 13.9. The van der Waals surface area contributed by atoms with Crippen LogP contribution < -0.4 is 20.8 Å². The van der Waals surface area contributed by atoms with E-state index in [0.717, 1.165) is 25.9 Å². The van der Waals surface area contributed by atoms with Gasteiger partial charge >= 0.3 is 0 Å². The lowest BCUT2D eigenvalue weighted by Gasteiger charge is -2.29. The number of halogens is 1. The third kappa shape index (κ3) is 7.17. The van der Waals surface area contributed by atoms with Crippen LogP contribution in [0.2, 0.25) is 0 Å². The maximum atomic E-state index is 13.5. The molecule has 0 saturated carbocycles. The second-order valence-corrected chi connectivity index (χ2v) is 11.8. The quantitative estimate of drug-likeness (QED) is 0.231. The molecule has 6 rings (SSSR count). The van der Waals surface area contributed by atoms with Crippen LogP contribution in [0.3, 0.4) is 0 Å². The Bertz CT molecular complexity index is 1990. The highest BCUT2D eigenvalue weighted by Gasteiger charge is 2.21. The molecule has 0 unspecified atom stereocenters.